The molecule has 1 fully saturated rings. The van der Waals surface area contributed by atoms with E-state index < -0.39 is 0 Å². The fraction of sp³-hybridized carbons (Fsp3) is 0.522. The summed E-state index contributed by atoms with van der Waals surface area (Å²) in [6.07, 6.45) is 4.35. The summed E-state index contributed by atoms with van der Waals surface area (Å²) in [7, 11) is 0. The van der Waals surface area contributed by atoms with Gasteiger partial charge in [0.1, 0.15) is 11.0 Å². The van der Waals surface area contributed by atoms with Gasteiger partial charge in [0.15, 0.2) is 5.82 Å². The fourth-order valence-electron chi connectivity index (χ4n) is 4.24. The molecule has 1 aliphatic rings. The summed E-state index contributed by atoms with van der Waals surface area (Å²) < 4.78 is 1.99. The fourth-order valence-corrected chi connectivity index (χ4v) is 4.36. The molecule has 1 aliphatic carbocycles. The van der Waals surface area contributed by atoms with E-state index in [1.807, 2.05) is 10.7 Å². The van der Waals surface area contributed by atoms with Gasteiger partial charge in [-0.2, -0.15) is 10.1 Å². The Morgan fingerprint density at radius 2 is 1.88 bits per heavy atom. The van der Waals surface area contributed by atoms with E-state index in [2.05, 4.69) is 38.3 Å². The Bertz CT molecular complexity index is 1110. The zero-order chi connectivity index (χ0) is 23.0. The second-order valence-electron chi connectivity index (χ2n) is 9.23. The van der Waals surface area contributed by atoms with Gasteiger partial charge in [-0.1, -0.05) is 38.3 Å². The third-order valence-corrected chi connectivity index (χ3v) is 6.34. The molecule has 0 saturated heterocycles. The van der Waals surface area contributed by atoms with Gasteiger partial charge in [-0.3, -0.25) is 4.68 Å². The van der Waals surface area contributed by atoms with Crippen LogP contribution in [0.25, 0.3) is 11.0 Å². The minimum atomic E-state index is 0.0958. The van der Waals surface area contributed by atoms with Gasteiger partial charge in [0.05, 0.1) is 16.4 Å². The van der Waals surface area contributed by atoms with E-state index in [1.165, 1.54) is 6.42 Å². The van der Waals surface area contributed by atoms with E-state index in [0.29, 0.717) is 22.5 Å². The van der Waals surface area contributed by atoms with Crippen LogP contribution in [0, 0.1) is 0 Å². The molecule has 2 unspecified atom stereocenters. The molecule has 4 rings (SSSR count). The molecule has 2 heterocycles. The number of halogens is 1. The average molecular weight is 457 g/mol. The Labute approximate surface area is 194 Å². The number of rotatable bonds is 6. The molecule has 9 heteroatoms. The van der Waals surface area contributed by atoms with Gasteiger partial charge in [-0.15, -0.1) is 0 Å². The molecule has 3 aromatic rings. The molecule has 0 aliphatic heterocycles. The Kier molecular flexibility index (Phi) is 6.44. The van der Waals surface area contributed by atoms with Crippen LogP contribution in [0.1, 0.15) is 71.0 Å². The number of nitrogen functional groups attached to an aromatic ring is 1. The maximum absolute atomic E-state index is 6.38. The molecule has 2 atom stereocenters. The number of nitrogens with one attached hydrogen (secondary N) is 2. The van der Waals surface area contributed by atoms with E-state index in [1.54, 1.807) is 12.1 Å². The summed E-state index contributed by atoms with van der Waals surface area (Å²) in [6.45, 7) is 8.47. The van der Waals surface area contributed by atoms with Crippen LogP contribution in [0.15, 0.2) is 18.2 Å². The summed E-state index contributed by atoms with van der Waals surface area (Å²) >= 11 is 6.12. The van der Waals surface area contributed by atoms with Crippen LogP contribution in [0.5, 0.6) is 0 Å². The maximum Gasteiger partial charge on any atom is 0.225 e. The van der Waals surface area contributed by atoms with Crippen molar-refractivity contribution < 1.29 is 0 Å². The van der Waals surface area contributed by atoms with E-state index in [0.717, 1.165) is 41.7 Å². The monoisotopic (exact) mass is 456 g/mol. The molecule has 1 saturated carbocycles. The van der Waals surface area contributed by atoms with E-state index >= 15 is 0 Å². The molecule has 0 bridgehead atoms. The van der Waals surface area contributed by atoms with E-state index in [9.17, 15) is 0 Å². The molecule has 32 heavy (non-hydrogen) atoms. The molecule has 172 valence electrons. The van der Waals surface area contributed by atoms with Crippen LogP contribution in [0.3, 0.4) is 0 Å². The Balaban J connectivity index is 1.84. The first-order chi connectivity index (χ1) is 15.2. The van der Waals surface area contributed by atoms with Crippen molar-refractivity contribution in [3.05, 3.63) is 28.9 Å². The van der Waals surface area contributed by atoms with Gasteiger partial charge in [-0.25, -0.2) is 4.98 Å². The smallest absolute Gasteiger partial charge is 0.225 e. The lowest BCUT2D eigenvalue weighted by Gasteiger charge is -2.29. The number of benzene rings is 1. The lowest BCUT2D eigenvalue weighted by atomic mass is 9.91. The third kappa shape index (κ3) is 4.47. The summed E-state index contributed by atoms with van der Waals surface area (Å²) in [5, 5.41) is 12.4. The summed E-state index contributed by atoms with van der Waals surface area (Å²) in [5.41, 5.74) is 16.4. The van der Waals surface area contributed by atoms with Gasteiger partial charge in [-0.05, 0) is 50.8 Å². The van der Waals surface area contributed by atoms with Crippen LogP contribution in [-0.4, -0.2) is 31.8 Å². The summed E-state index contributed by atoms with van der Waals surface area (Å²) in [6, 6.07) is 5.86. The highest BCUT2D eigenvalue weighted by Gasteiger charge is 2.25. The highest BCUT2D eigenvalue weighted by molar-refractivity contribution is 6.33. The quantitative estimate of drug-likeness (QED) is 0.376. The zero-order valence-electron chi connectivity index (χ0n) is 19.2. The van der Waals surface area contributed by atoms with E-state index in [4.69, 9.17) is 38.1 Å². The molecule has 2 aromatic heterocycles. The second kappa shape index (κ2) is 9.11. The molecule has 0 amide bonds. The molecule has 0 spiro atoms. The zero-order valence-corrected chi connectivity index (χ0v) is 19.9. The number of aromatic nitrogens is 4. The minimum absolute atomic E-state index is 0.0958. The van der Waals surface area contributed by atoms with Crippen molar-refractivity contribution in [3.63, 3.8) is 0 Å². The topological polar surface area (TPSA) is 120 Å². The number of hydrogen-bond acceptors (Lipinski definition) is 7. The lowest BCUT2D eigenvalue weighted by Crippen LogP contribution is -2.43. The molecular weight excluding hydrogens is 424 g/mol. The molecule has 0 radical (unpaired) electrons. The van der Waals surface area contributed by atoms with Crippen LogP contribution in [-0.2, 0) is 0 Å². The molecule has 1 aromatic carbocycles. The van der Waals surface area contributed by atoms with Crippen molar-refractivity contribution >= 4 is 45.8 Å². The number of fused-ring (bicyclic) bond motifs is 1. The van der Waals surface area contributed by atoms with Crippen molar-refractivity contribution in [2.24, 2.45) is 5.73 Å². The van der Waals surface area contributed by atoms with Crippen molar-refractivity contribution in [3.8, 4) is 0 Å². The first-order valence-electron chi connectivity index (χ1n) is 11.4. The normalized spacial score (nSPS) is 19.1. The van der Waals surface area contributed by atoms with Crippen LogP contribution in [0.4, 0.5) is 23.1 Å². The Morgan fingerprint density at radius 3 is 2.53 bits per heavy atom. The summed E-state index contributed by atoms with van der Waals surface area (Å²) in [5.74, 6) is 1.46. The second-order valence-corrected chi connectivity index (χ2v) is 9.64. The van der Waals surface area contributed by atoms with Gasteiger partial charge >= 0.3 is 0 Å². The first kappa shape index (κ1) is 22.6. The highest BCUT2D eigenvalue weighted by atomic mass is 35.5. The summed E-state index contributed by atoms with van der Waals surface area (Å²) in [4.78, 5) is 9.78. The Morgan fingerprint density at radius 1 is 1.12 bits per heavy atom. The standard InChI is InChI=1S/C23H33ClN8/c1-12(2)19-20-21(32(31-19)13(3)4)22(27-14-9-10-15(24)17(26)11-14)30-23(29-20)28-18-8-6-5-7-16(18)25/h9-13,16,18H,5-8,25-26H2,1-4H3,(H2,27,28,29,30). The SMILES string of the molecule is CC(C)c1nn(C(C)C)c2c(Nc3ccc(Cl)c(N)c3)nc(NC3CCCCC3N)nc12. The highest BCUT2D eigenvalue weighted by Crippen LogP contribution is 2.34. The van der Waals surface area contributed by atoms with Gasteiger partial charge in [0.2, 0.25) is 5.95 Å². The predicted molar refractivity (Wildman–Crippen MR) is 133 cm³/mol. The third-order valence-electron chi connectivity index (χ3n) is 6.00. The Hall–Kier alpha value is -2.58. The van der Waals surface area contributed by atoms with Crippen molar-refractivity contribution in [2.45, 2.75) is 77.4 Å². The van der Waals surface area contributed by atoms with E-state index in [-0.39, 0.29) is 24.0 Å². The molecular formula is C23H33ClN8. The number of nitrogens with two attached hydrogens (primary N) is 2. The molecule has 6 N–H and O–H groups in total. The largest absolute Gasteiger partial charge is 0.397 e. The number of anilines is 4. The van der Waals surface area contributed by atoms with Crippen molar-refractivity contribution in [2.75, 3.05) is 16.4 Å². The van der Waals surface area contributed by atoms with Crippen LogP contribution < -0.4 is 22.1 Å². The number of nitrogens with zero attached hydrogens (tertiary/aromatic N) is 4. The van der Waals surface area contributed by atoms with Crippen LogP contribution >= 0.6 is 11.6 Å². The maximum atomic E-state index is 6.38. The minimum Gasteiger partial charge on any atom is -0.397 e. The first-order valence-corrected chi connectivity index (χ1v) is 11.8. The average Bonchev–Trinajstić information content (AvgIpc) is 3.13. The van der Waals surface area contributed by atoms with Crippen molar-refractivity contribution in [1.29, 1.82) is 0 Å². The van der Waals surface area contributed by atoms with Gasteiger partial charge in [0.25, 0.3) is 0 Å². The van der Waals surface area contributed by atoms with Gasteiger partial charge < -0.3 is 22.1 Å². The molecule has 8 nitrogen and oxygen atoms in total. The van der Waals surface area contributed by atoms with Crippen molar-refractivity contribution in [1.82, 2.24) is 19.7 Å². The van der Waals surface area contributed by atoms with Crippen LogP contribution in [0.2, 0.25) is 5.02 Å². The lowest BCUT2D eigenvalue weighted by molar-refractivity contribution is 0.402. The predicted octanol–water partition coefficient (Wildman–Crippen LogP) is 5.19. The van der Waals surface area contributed by atoms with Gasteiger partial charge in [0, 0.05) is 23.8 Å². The number of hydrogen-bond donors (Lipinski definition) is 4.